The molecular formula is C12H12ClF3O. The SMILES string of the molecule is CC1(C(Cl)c2cc(F)c(F)cc2F)CCCO1. The molecule has 94 valence electrons. The van der Waals surface area contributed by atoms with Crippen LogP contribution in [0.15, 0.2) is 12.1 Å². The van der Waals surface area contributed by atoms with Gasteiger partial charge in [-0.1, -0.05) is 0 Å². The largest absolute Gasteiger partial charge is 0.373 e. The minimum absolute atomic E-state index is 0.0602. The second-order valence-electron chi connectivity index (χ2n) is 4.42. The Morgan fingerprint density at radius 1 is 1.24 bits per heavy atom. The first-order chi connectivity index (χ1) is 7.94. The van der Waals surface area contributed by atoms with E-state index >= 15 is 0 Å². The van der Waals surface area contributed by atoms with Gasteiger partial charge in [0.2, 0.25) is 0 Å². The van der Waals surface area contributed by atoms with Crippen LogP contribution in [0.4, 0.5) is 13.2 Å². The lowest BCUT2D eigenvalue weighted by atomic mass is 9.92. The number of hydrogen-bond donors (Lipinski definition) is 0. The van der Waals surface area contributed by atoms with Gasteiger partial charge in [-0.05, 0) is 25.8 Å². The van der Waals surface area contributed by atoms with Gasteiger partial charge in [-0.3, -0.25) is 0 Å². The summed E-state index contributed by atoms with van der Waals surface area (Å²) in [5.74, 6) is -3.16. The Hall–Kier alpha value is -0.740. The summed E-state index contributed by atoms with van der Waals surface area (Å²) in [6, 6.07) is 1.31. The Morgan fingerprint density at radius 3 is 2.47 bits per heavy atom. The Balaban J connectivity index is 2.36. The molecule has 1 aliphatic heterocycles. The van der Waals surface area contributed by atoms with Crippen molar-refractivity contribution in [1.82, 2.24) is 0 Å². The summed E-state index contributed by atoms with van der Waals surface area (Å²) in [5, 5.41) is -0.833. The van der Waals surface area contributed by atoms with E-state index in [0.29, 0.717) is 19.1 Å². The molecule has 0 spiro atoms. The molecule has 1 nitrogen and oxygen atoms in total. The van der Waals surface area contributed by atoms with Crippen molar-refractivity contribution in [2.24, 2.45) is 0 Å². The summed E-state index contributed by atoms with van der Waals surface area (Å²) in [4.78, 5) is 0. The van der Waals surface area contributed by atoms with Gasteiger partial charge in [-0.25, -0.2) is 13.2 Å². The van der Waals surface area contributed by atoms with Gasteiger partial charge in [-0.15, -0.1) is 11.6 Å². The van der Waals surface area contributed by atoms with Crippen LogP contribution in [-0.2, 0) is 4.74 Å². The van der Waals surface area contributed by atoms with Crippen LogP contribution in [0.1, 0.15) is 30.7 Å². The predicted octanol–water partition coefficient (Wildman–Crippen LogP) is 3.95. The Labute approximate surface area is 103 Å². The van der Waals surface area contributed by atoms with Crippen LogP contribution in [-0.4, -0.2) is 12.2 Å². The Morgan fingerprint density at radius 2 is 1.88 bits per heavy atom. The zero-order valence-corrected chi connectivity index (χ0v) is 10.0. The van der Waals surface area contributed by atoms with Gasteiger partial charge in [0.15, 0.2) is 11.6 Å². The van der Waals surface area contributed by atoms with E-state index in [1.807, 2.05) is 0 Å². The maximum absolute atomic E-state index is 13.6. The third-order valence-electron chi connectivity index (χ3n) is 3.10. The molecule has 0 bridgehead atoms. The highest BCUT2D eigenvalue weighted by Gasteiger charge is 2.39. The van der Waals surface area contributed by atoms with E-state index in [2.05, 4.69) is 0 Å². The van der Waals surface area contributed by atoms with Crippen molar-refractivity contribution in [1.29, 1.82) is 0 Å². The van der Waals surface area contributed by atoms with E-state index in [1.165, 1.54) is 0 Å². The summed E-state index contributed by atoms with van der Waals surface area (Å²) in [7, 11) is 0. The van der Waals surface area contributed by atoms with Crippen LogP contribution in [0.2, 0.25) is 0 Å². The van der Waals surface area contributed by atoms with E-state index in [4.69, 9.17) is 16.3 Å². The molecule has 17 heavy (non-hydrogen) atoms. The first-order valence-electron chi connectivity index (χ1n) is 5.36. The van der Waals surface area contributed by atoms with Crippen LogP contribution in [0.3, 0.4) is 0 Å². The molecule has 5 heteroatoms. The minimum atomic E-state index is -1.22. The van der Waals surface area contributed by atoms with E-state index in [1.54, 1.807) is 6.92 Å². The van der Waals surface area contributed by atoms with Crippen LogP contribution < -0.4 is 0 Å². The number of rotatable bonds is 2. The van der Waals surface area contributed by atoms with Crippen LogP contribution in [0.25, 0.3) is 0 Å². The van der Waals surface area contributed by atoms with Gasteiger partial charge in [0.1, 0.15) is 5.82 Å². The number of ether oxygens (including phenoxy) is 1. The molecule has 2 unspecified atom stereocenters. The maximum Gasteiger partial charge on any atom is 0.161 e. The fraction of sp³-hybridized carbons (Fsp3) is 0.500. The first kappa shape index (κ1) is 12.7. The fourth-order valence-electron chi connectivity index (χ4n) is 2.06. The lowest BCUT2D eigenvalue weighted by molar-refractivity contribution is 0.0156. The van der Waals surface area contributed by atoms with Crippen molar-refractivity contribution < 1.29 is 17.9 Å². The summed E-state index contributed by atoms with van der Waals surface area (Å²) < 4.78 is 44.9. The summed E-state index contributed by atoms with van der Waals surface area (Å²) in [6.45, 7) is 2.30. The molecular weight excluding hydrogens is 253 g/mol. The first-order valence-corrected chi connectivity index (χ1v) is 5.80. The molecule has 1 heterocycles. The van der Waals surface area contributed by atoms with Gasteiger partial charge < -0.3 is 4.74 Å². The molecule has 0 aliphatic carbocycles. The molecule has 2 rings (SSSR count). The summed E-state index contributed by atoms with van der Waals surface area (Å²) in [5.41, 5.74) is -0.790. The standard InChI is InChI=1S/C12H12ClF3O/c1-12(3-2-4-17-12)11(13)7-5-9(15)10(16)6-8(7)14/h5-6,11H,2-4H2,1H3. The van der Waals surface area contributed by atoms with Crippen molar-refractivity contribution in [3.63, 3.8) is 0 Å². The molecule has 0 amide bonds. The van der Waals surface area contributed by atoms with Crippen molar-refractivity contribution in [2.75, 3.05) is 6.61 Å². The smallest absolute Gasteiger partial charge is 0.161 e. The molecule has 0 saturated carbocycles. The van der Waals surface area contributed by atoms with Gasteiger partial charge >= 0.3 is 0 Å². The van der Waals surface area contributed by atoms with E-state index in [9.17, 15) is 13.2 Å². The third-order valence-corrected chi connectivity index (χ3v) is 3.79. The van der Waals surface area contributed by atoms with Crippen LogP contribution in [0.5, 0.6) is 0 Å². The third kappa shape index (κ3) is 2.29. The van der Waals surface area contributed by atoms with Crippen molar-refractivity contribution in [3.8, 4) is 0 Å². The van der Waals surface area contributed by atoms with Crippen LogP contribution >= 0.6 is 11.6 Å². The van der Waals surface area contributed by atoms with E-state index < -0.39 is 28.4 Å². The molecule has 0 N–H and O–H groups in total. The molecule has 1 aliphatic rings. The average Bonchev–Trinajstić information content (AvgIpc) is 2.71. The van der Waals surface area contributed by atoms with E-state index in [-0.39, 0.29) is 5.56 Å². The number of halogens is 4. The molecule has 2 atom stereocenters. The Bertz CT molecular complexity index is 430. The highest BCUT2D eigenvalue weighted by Crippen LogP contribution is 2.42. The van der Waals surface area contributed by atoms with Gasteiger partial charge in [0.25, 0.3) is 0 Å². The normalized spacial score (nSPS) is 26.2. The molecule has 1 aromatic rings. The zero-order chi connectivity index (χ0) is 12.6. The van der Waals surface area contributed by atoms with Crippen LogP contribution in [0, 0.1) is 17.5 Å². The van der Waals surface area contributed by atoms with Crippen molar-refractivity contribution >= 4 is 11.6 Å². The second-order valence-corrected chi connectivity index (χ2v) is 4.85. The predicted molar refractivity (Wildman–Crippen MR) is 58.5 cm³/mol. The Kier molecular flexibility index (Phi) is 3.36. The fourth-order valence-corrected chi connectivity index (χ4v) is 2.40. The molecule has 1 aromatic carbocycles. The monoisotopic (exact) mass is 264 g/mol. The average molecular weight is 265 g/mol. The molecule has 0 aromatic heterocycles. The summed E-state index contributed by atoms with van der Waals surface area (Å²) >= 11 is 6.13. The molecule has 1 fully saturated rings. The highest BCUT2D eigenvalue weighted by atomic mass is 35.5. The van der Waals surface area contributed by atoms with Crippen molar-refractivity contribution in [3.05, 3.63) is 35.1 Å². The highest BCUT2D eigenvalue weighted by molar-refractivity contribution is 6.21. The quantitative estimate of drug-likeness (QED) is 0.580. The topological polar surface area (TPSA) is 9.23 Å². The molecule has 1 saturated heterocycles. The lowest BCUT2D eigenvalue weighted by Crippen LogP contribution is -2.29. The lowest BCUT2D eigenvalue weighted by Gasteiger charge is -2.29. The van der Waals surface area contributed by atoms with Gasteiger partial charge in [-0.2, -0.15) is 0 Å². The van der Waals surface area contributed by atoms with Gasteiger partial charge in [0.05, 0.1) is 11.0 Å². The number of alkyl halides is 1. The summed E-state index contributed by atoms with van der Waals surface area (Å²) in [6.07, 6.45) is 1.49. The number of benzene rings is 1. The minimum Gasteiger partial charge on any atom is -0.373 e. The van der Waals surface area contributed by atoms with Crippen molar-refractivity contribution in [2.45, 2.75) is 30.7 Å². The van der Waals surface area contributed by atoms with Gasteiger partial charge in [0, 0.05) is 18.2 Å². The number of hydrogen-bond acceptors (Lipinski definition) is 1. The molecule has 0 radical (unpaired) electrons. The second kappa shape index (κ2) is 4.50. The van der Waals surface area contributed by atoms with E-state index in [0.717, 1.165) is 12.5 Å². The zero-order valence-electron chi connectivity index (χ0n) is 9.27. The maximum atomic E-state index is 13.6.